The van der Waals surface area contributed by atoms with Gasteiger partial charge in [-0.2, -0.15) is 4.98 Å². The van der Waals surface area contributed by atoms with Crippen molar-refractivity contribution < 1.29 is 0 Å². The highest BCUT2D eigenvalue weighted by atomic mass is 16.1. The summed E-state index contributed by atoms with van der Waals surface area (Å²) in [7, 11) is 1.76. The first kappa shape index (κ1) is 19.7. The Morgan fingerprint density at radius 2 is 1.87 bits per heavy atom. The van der Waals surface area contributed by atoms with E-state index in [2.05, 4.69) is 38.2 Å². The largest absolute Gasteiger partial charge is 0.357 e. The molecule has 3 heterocycles. The van der Waals surface area contributed by atoms with Crippen molar-refractivity contribution in [1.29, 1.82) is 0 Å². The van der Waals surface area contributed by atoms with Crippen molar-refractivity contribution >= 4 is 17.0 Å². The predicted octanol–water partition coefficient (Wildman–Crippen LogP) is 3.85. The van der Waals surface area contributed by atoms with Gasteiger partial charge in [0.1, 0.15) is 5.65 Å². The van der Waals surface area contributed by atoms with E-state index in [9.17, 15) is 4.79 Å². The predicted molar refractivity (Wildman–Crippen MR) is 120 cm³/mol. The van der Waals surface area contributed by atoms with Crippen molar-refractivity contribution in [3.8, 4) is 22.4 Å². The van der Waals surface area contributed by atoms with Gasteiger partial charge >= 0.3 is 0 Å². The van der Waals surface area contributed by atoms with Crippen LogP contribution in [0.15, 0.2) is 47.7 Å². The molecule has 4 aromatic rings. The lowest BCUT2D eigenvalue weighted by atomic mass is 9.95. The van der Waals surface area contributed by atoms with E-state index in [0.29, 0.717) is 23.7 Å². The van der Waals surface area contributed by atoms with Crippen molar-refractivity contribution in [2.45, 2.75) is 33.7 Å². The number of aryl methyl sites for hydroxylation is 3. The molecule has 0 saturated heterocycles. The molecule has 0 bridgehead atoms. The SMILES string of the molecule is CCc1cc(-c2cncc(C)n2)ccc1-c1cc2cnc(NC)nc2n(CC)c1=O. The minimum Gasteiger partial charge on any atom is -0.357 e. The number of hydrogen-bond acceptors (Lipinski definition) is 6. The van der Waals surface area contributed by atoms with Gasteiger partial charge in [0.05, 0.1) is 17.6 Å². The van der Waals surface area contributed by atoms with Crippen LogP contribution in [0.5, 0.6) is 0 Å². The lowest BCUT2D eigenvalue weighted by Gasteiger charge is -2.14. The normalized spacial score (nSPS) is 11.1. The molecule has 0 atom stereocenters. The summed E-state index contributed by atoms with van der Waals surface area (Å²) >= 11 is 0. The number of aromatic nitrogens is 5. The highest BCUT2D eigenvalue weighted by molar-refractivity contribution is 5.83. The van der Waals surface area contributed by atoms with E-state index in [1.54, 1.807) is 30.2 Å². The Morgan fingerprint density at radius 3 is 2.57 bits per heavy atom. The van der Waals surface area contributed by atoms with Crippen molar-refractivity contribution in [2.24, 2.45) is 0 Å². The molecule has 0 spiro atoms. The smallest absolute Gasteiger partial charge is 0.260 e. The third kappa shape index (κ3) is 3.43. The fourth-order valence-electron chi connectivity index (χ4n) is 3.68. The zero-order valence-electron chi connectivity index (χ0n) is 17.6. The molecule has 1 aromatic carbocycles. The van der Waals surface area contributed by atoms with Crippen molar-refractivity contribution in [2.75, 3.05) is 12.4 Å². The van der Waals surface area contributed by atoms with Gasteiger partial charge < -0.3 is 5.32 Å². The molecule has 3 aromatic heterocycles. The van der Waals surface area contributed by atoms with Crippen LogP contribution < -0.4 is 10.9 Å². The third-order valence-corrected chi connectivity index (χ3v) is 5.19. The highest BCUT2D eigenvalue weighted by Gasteiger charge is 2.15. The maximum absolute atomic E-state index is 13.3. The van der Waals surface area contributed by atoms with Gasteiger partial charge in [0.25, 0.3) is 5.56 Å². The van der Waals surface area contributed by atoms with Gasteiger partial charge in [0, 0.05) is 42.5 Å². The molecule has 0 amide bonds. The molecular weight excluding hydrogens is 376 g/mol. The first-order chi connectivity index (χ1) is 14.5. The standard InChI is InChI=1S/C23H24N6O/c1-5-15-9-16(20-13-25-11-14(3)27-20)7-8-18(15)19-10-17-12-26-23(24-4)28-21(17)29(6-2)22(19)30/h7-13H,5-6H2,1-4H3,(H,24,26,28). The number of anilines is 1. The molecule has 0 aliphatic heterocycles. The van der Waals surface area contributed by atoms with Gasteiger partial charge in [-0.15, -0.1) is 0 Å². The van der Waals surface area contributed by atoms with E-state index in [4.69, 9.17) is 0 Å². The summed E-state index contributed by atoms with van der Waals surface area (Å²) in [4.78, 5) is 31.0. The summed E-state index contributed by atoms with van der Waals surface area (Å²) in [6, 6.07) is 7.99. The molecular formula is C23H24N6O. The Balaban J connectivity index is 1.91. The summed E-state index contributed by atoms with van der Waals surface area (Å²) in [6.07, 6.45) is 6.05. The average molecular weight is 400 g/mol. The highest BCUT2D eigenvalue weighted by Crippen LogP contribution is 2.28. The Bertz CT molecular complexity index is 1290. The monoisotopic (exact) mass is 400 g/mol. The van der Waals surface area contributed by atoms with Crippen LogP contribution in [0.25, 0.3) is 33.4 Å². The number of pyridine rings is 1. The van der Waals surface area contributed by atoms with Crippen molar-refractivity contribution in [1.82, 2.24) is 24.5 Å². The molecule has 7 heteroatoms. The Hall–Kier alpha value is -3.61. The molecule has 0 unspecified atom stereocenters. The molecule has 1 N–H and O–H groups in total. The third-order valence-electron chi connectivity index (χ3n) is 5.19. The number of benzene rings is 1. The molecule has 0 saturated carbocycles. The van der Waals surface area contributed by atoms with Gasteiger partial charge in [-0.1, -0.05) is 19.1 Å². The van der Waals surface area contributed by atoms with Crippen LogP contribution >= 0.6 is 0 Å². The van der Waals surface area contributed by atoms with Crippen LogP contribution in [0.2, 0.25) is 0 Å². The molecule has 4 rings (SSSR count). The second kappa shape index (κ2) is 8.02. The Morgan fingerprint density at radius 1 is 1.03 bits per heavy atom. The molecule has 0 fully saturated rings. The zero-order valence-corrected chi connectivity index (χ0v) is 17.6. The van der Waals surface area contributed by atoms with E-state index in [1.165, 1.54) is 0 Å². The summed E-state index contributed by atoms with van der Waals surface area (Å²) < 4.78 is 1.70. The first-order valence-electron chi connectivity index (χ1n) is 10.1. The minimum atomic E-state index is -0.0523. The van der Waals surface area contributed by atoms with Crippen molar-refractivity contribution in [3.63, 3.8) is 0 Å². The first-order valence-corrected chi connectivity index (χ1v) is 10.1. The summed E-state index contributed by atoms with van der Waals surface area (Å²) in [5.74, 6) is 0.495. The minimum absolute atomic E-state index is 0.0523. The molecule has 30 heavy (non-hydrogen) atoms. The molecule has 152 valence electrons. The number of fused-ring (bicyclic) bond motifs is 1. The maximum Gasteiger partial charge on any atom is 0.260 e. The summed E-state index contributed by atoms with van der Waals surface area (Å²) in [5, 5.41) is 3.77. The van der Waals surface area contributed by atoms with Gasteiger partial charge in [-0.25, -0.2) is 9.97 Å². The Kier molecular flexibility index (Phi) is 5.27. The van der Waals surface area contributed by atoms with Crippen molar-refractivity contribution in [3.05, 3.63) is 64.5 Å². The number of nitrogens with one attached hydrogen (secondary N) is 1. The lowest BCUT2D eigenvalue weighted by molar-refractivity contribution is 0.750. The van der Waals surface area contributed by atoms with E-state index in [-0.39, 0.29) is 5.56 Å². The quantitative estimate of drug-likeness (QED) is 0.548. The van der Waals surface area contributed by atoms with Crippen LogP contribution in [0.1, 0.15) is 25.1 Å². The van der Waals surface area contributed by atoms with Crippen LogP contribution in [-0.2, 0) is 13.0 Å². The maximum atomic E-state index is 13.3. The molecule has 0 aliphatic rings. The second-order valence-corrected chi connectivity index (χ2v) is 7.10. The average Bonchev–Trinajstić information content (AvgIpc) is 2.78. The topological polar surface area (TPSA) is 85.6 Å². The molecule has 0 aliphatic carbocycles. The molecule has 0 radical (unpaired) electrons. The van der Waals surface area contributed by atoms with Crippen LogP contribution in [0.4, 0.5) is 5.95 Å². The fourth-order valence-corrected chi connectivity index (χ4v) is 3.68. The second-order valence-electron chi connectivity index (χ2n) is 7.10. The van der Waals surface area contributed by atoms with Crippen LogP contribution in [-0.4, -0.2) is 31.6 Å². The number of rotatable bonds is 5. The van der Waals surface area contributed by atoms with Gasteiger partial charge in [0.15, 0.2) is 0 Å². The van der Waals surface area contributed by atoms with E-state index in [0.717, 1.165) is 39.9 Å². The number of hydrogen-bond donors (Lipinski definition) is 1. The fraction of sp³-hybridized carbons (Fsp3) is 0.261. The van der Waals surface area contributed by atoms with E-state index in [1.807, 2.05) is 32.0 Å². The lowest BCUT2D eigenvalue weighted by Crippen LogP contribution is -2.22. The number of nitrogens with zero attached hydrogens (tertiary/aromatic N) is 5. The van der Waals surface area contributed by atoms with Gasteiger partial charge in [0.2, 0.25) is 5.95 Å². The van der Waals surface area contributed by atoms with Gasteiger partial charge in [-0.05, 0) is 43.5 Å². The van der Waals surface area contributed by atoms with Crippen LogP contribution in [0.3, 0.4) is 0 Å². The summed E-state index contributed by atoms with van der Waals surface area (Å²) in [6.45, 7) is 6.50. The Labute approximate surface area is 174 Å². The van der Waals surface area contributed by atoms with Crippen LogP contribution in [0, 0.1) is 6.92 Å². The summed E-state index contributed by atoms with van der Waals surface area (Å²) in [5.41, 5.74) is 5.94. The van der Waals surface area contributed by atoms with E-state index >= 15 is 0 Å². The molecule has 7 nitrogen and oxygen atoms in total. The van der Waals surface area contributed by atoms with E-state index < -0.39 is 0 Å². The van der Waals surface area contributed by atoms with Gasteiger partial charge in [-0.3, -0.25) is 14.3 Å². The zero-order chi connectivity index (χ0) is 21.3.